The second kappa shape index (κ2) is 6.59. The molecule has 7 heteroatoms. The molecule has 2 fully saturated rings. The van der Waals surface area contributed by atoms with Crippen LogP contribution in [0, 0.1) is 5.92 Å². The molecule has 126 valence electrons. The van der Waals surface area contributed by atoms with Crippen LogP contribution in [0.3, 0.4) is 0 Å². The Morgan fingerprint density at radius 2 is 2.00 bits per heavy atom. The number of morpholine rings is 1. The zero-order valence-electron chi connectivity index (χ0n) is 13.3. The predicted octanol–water partition coefficient (Wildman–Crippen LogP) is 1.19. The molecule has 3 rings (SSSR count). The fourth-order valence-corrected chi connectivity index (χ4v) is 4.17. The number of amides is 1. The minimum atomic E-state index is -3.57. The normalized spacial score (nSPS) is 19.5. The van der Waals surface area contributed by atoms with E-state index in [1.165, 1.54) is 23.2 Å². The predicted molar refractivity (Wildman–Crippen MR) is 85.7 cm³/mol. The van der Waals surface area contributed by atoms with Crippen molar-refractivity contribution in [2.75, 3.05) is 39.9 Å². The Hall–Kier alpha value is -1.44. The van der Waals surface area contributed by atoms with E-state index in [1.54, 1.807) is 30.1 Å². The summed E-state index contributed by atoms with van der Waals surface area (Å²) in [6.45, 7) is 2.24. The average molecular weight is 338 g/mol. The third-order valence-corrected chi connectivity index (χ3v) is 6.16. The van der Waals surface area contributed by atoms with Gasteiger partial charge >= 0.3 is 0 Å². The SMILES string of the molecule is CN(CC1CC1)C(=O)c1cccc(S(=O)(=O)N2CCOCC2)c1. The fourth-order valence-electron chi connectivity index (χ4n) is 2.72. The first-order valence-electron chi connectivity index (χ1n) is 7.92. The van der Waals surface area contributed by atoms with Crippen molar-refractivity contribution in [3.8, 4) is 0 Å². The summed E-state index contributed by atoms with van der Waals surface area (Å²) in [5, 5.41) is 0. The van der Waals surface area contributed by atoms with Gasteiger partial charge in [-0.1, -0.05) is 6.07 Å². The van der Waals surface area contributed by atoms with Gasteiger partial charge in [0.15, 0.2) is 0 Å². The van der Waals surface area contributed by atoms with Gasteiger partial charge < -0.3 is 9.64 Å². The van der Waals surface area contributed by atoms with Gasteiger partial charge in [-0.25, -0.2) is 8.42 Å². The summed E-state index contributed by atoms with van der Waals surface area (Å²) in [5.74, 6) is 0.472. The Morgan fingerprint density at radius 1 is 1.30 bits per heavy atom. The largest absolute Gasteiger partial charge is 0.379 e. The van der Waals surface area contributed by atoms with Crippen molar-refractivity contribution in [2.24, 2.45) is 5.92 Å². The molecule has 1 aromatic carbocycles. The van der Waals surface area contributed by atoms with Crippen molar-refractivity contribution in [1.29, 1.82) is 0 Å². The molecule has 0 spiro atoms. The van der Waals surface area contributed by atoms with Crippen molar-refractivity contribution in [3.63, 3.8) is 0 Å². The van der Waals surface area contributed by atoms with Crippen LogP contribution in [0.2, 0.25) is 0 Å². The number of benzene rings is 1. The molecule has 0 aromatic heterocycles. The number of carbonyl (C=O) groups excluding carboxylic acids is 1. The Morgan fingerprint density at radius 3 is 2.65 bits per heavy atom. The van der Waals surface area contributed by atoms with Gasteiger partial charge in [-0.2, -0.15) is 4.31 Å². The van der Waals surface area contributed by atoms with Crippen LogP contribution in [0.5, 0.6) is 0 Å². The van der Waals surface area contributed by atoms with Crippen LogP contribution in [-0.2, 0) is 14.8 Å². The summed E-state index contributed by atoms with van der Waals surface area (Å²) < 4.78 is 31.9. The van der Waals surface area contributed by atoms with Crippen LogP contribution < -0.4 is 0 Å². The van der Waals surface area contributed by atoms with E-state index in [0.717, 1.165) is 6.54 Å². The summed E-state index contributed by atoms with van der Waals surface area (Å²) in [6.07, 6.45) is 2.34. The van der Waals surface area contributed by atoms with Crippen LogP contribution in [0.1, 0.15) is 23.2 Å². The molecule has 1 saturated carbocycles. The van der Waals surface area contributed by atoms with E-state index in [0.29, 0.717) is 37.8 Å². The first-order valence-corrected chi connectivity index (χ1v) is 9.36. The third-order valence-electron chi connectivity index (χ3n) is 4.26. The van der Waals surface area contributed by atoms with Gasteiger partial charge in [-0.3, -0.25) is 4.79 Å². The van der Waals surface area contributed by atoms with E-state index in [1.807, 2.05) is 0 Å². The number of rotatable bonds is 5. The summed E-state index contributed by atoms with van der Waals surface area (Å²) in [4.78, 5) is 14.3. The molecule has 0 atom stereocenters. The highest BCUT2D eigenvalue weighted by Gasteiger charge is 2.28. The summed E-state index contributed by atoms with van der Waals surface area (Å²) in [5.41, 5.74) is 0.419. The van der Waals surface area contributed by atoms with Gasteiger partial charge in [-0.05, 0) is 37.0 Å². The van der Waals surface area contributed by atoms with Crippen molar-refractivity contribution >= 4 is 15.9 Å². The van der Waals surface area contributed by atoms with E-state index in [-0.39, 0.29) is 10.8 Å². The number of nitrogens with zero attached hydrogens (tertiary/aromatic N) is 2. The molecular weight excluding hydrogens is 316 g/mol. The zero-order valence-corrected chi connectivity index (χ0v) is 14.1. The number of hydrogen-bond donors (Lipinski definition) is 0. The van der Waals surface area contributed by atoms with Gasteiger partial charge in [0.2, 0.25) is 10.0 Å². The van der Waals surface area contributed by atoms with Crippen LogP contribution in [0.25, 0.3) is 0 Å². The van der Waals surface area contributed by atoms with E-state index in [2.05, 4.69) is 0 Å². The number of sulfonamides is 1. The van der Waals surface area contributed by atoms with E-state index < -0.39 is 10.0 Å². The average Bonchev–Trinajstić information content (AvgIpc) is 3.39. The van der Waals surface area contributed by atoms with Crippen LogP contribution in [0.4, 0.5) is 0 Å². The van der Waals surface area contributed by atoms with Gasteiger partial charge in [0.05, 0.1) is 18.1 Å². The molecule has 1 aliphatic heterocycles. The summed E-state index contributed by atoms with van der Waals surface area (Å²) >= 11 is 0. The van der Waals surface area contributed by atoms with Crippen LogP contribution in [0.15, 0.2) is 29.2 Å². The minimum absolute atomic E-state index is 0.129. The summed E-state index contributed by atoms with van der Waals surface area (Å²) in [7, 11) is -1.80. The molecule has 6 nitrogen and oxygen atoms in total. The van der Waals surface area contributed by atoms with E-state index in [9.17, 15) is 13.2 Å². The second-order valence-electron chi connectivity index (χ2n) is 6.17. The van der Waals surface area contributed by atoms with Gasteiger partial charge in [0, 0.05) is 32.2 Å². The molecule has 0 radical (unpaired) electrons. The molecule has 0 unspecified atom stereocenters. The molecule has 23 heavy (non-hydrogen) atoms. The summed E-state index contributed by atoms with van der Waals surface area (Å²) in [6, 6.07) is 6.33. The Labute approximate surface area is 137 Å². The topological polar surface area (TPSA) is 66.9 Å². The van der Waals surface area contributed by atoms with Crippen molar-refractivity contribution in [3.05, 3.63) is 29.8 Å². The smallest absolute Gasteiger partial charge is 0.253 e. The number of hydrogen-bond acceptors (Lipinski definition) is 4. The maximum Gasteiger partial charge on any atom is 0.253 e. The van der Waals surface area contributed by atoms with Crippen LogP contribution in [-0.4, -0.2) is 63.4 Å². The lowest BCUT2D eigenvalue weighted by atomic mass is 10.2. The van der Waals surface area contributed by atoms with Gasteiger partial charge in [0.25, 0.3) is 5.91 Å². The quantitative estimate of drug-likeness (QED) is 0.809. The Balaban J connectivity index is 1.79. The van der Waals surface area contributed by atoms with Gasteiger partial charge in [0.1, 0.15) is 0 Å². The first kappa shape index (κ1) is 16.4. The molecule has 1 aromatic rings. The third kappa shape index (κ3) is 3.73. The van der Waals surface area contributed by atoms with E-state index in [4.69, 9.17) is 4.74 Å². The molecule has 1 heterocycles. The molecule has 1 saturated heterocycles. The Bertz CT molecular complexity index is 679. The maximum atomic E-state index is 12.7. The molecule has 1 aliphatic carbocycles. The number of carbonyl (C=O) groups is 1. The standard InChI is InChI=1S/C16H22N2O4S/c1-17(12-13-5-6-13)16(19)14-3-2-4-15(11-14)23(20,21)18-7-9-22-10-8-18/h2-4,11,13H,5-10,12H2,1H3. The molecular formula is C16H22N2O4S. The highest BCUT2D eigenvalue weighted by molar-refractivity contribution is 7.89. The van der Waals surface area contributed by atoms with Crippen molar-refractivity contribution < 1.29 is 17.9 Å². The fraction of sp³-hybridized carbons (Fsp3) is 0.562. The van der Waals surface area contributed by atoms with Crippen LogP contribution >= 0.6 is 0 Å². The lowest BCUT2D eigenvalue weighted by molar-refractivity contribution is 0.0730. The molecule has 1 amide bonds. The first-order chi connectivity index (χ1) is 11.0. The van der Waals surface area contributed by atoms with Crippen molar-refractivity contribution in [2.45, 2.75) is 17.7 Å². The van der Waals surface area contributed by atoms with E-state index >= 15 is 0 Å². The lowest BCUT2D eigenvalue weighted by Gasteiger charge is -2.26. The minimum Gasteiger partial charge on any atom is -0.379 e. The zero-order chi connectivity index (χ0) is 16.4. The number of ether oxygens (including phenoxy) is 1. The van der Waals surface area contributed by atoms with Crippen molar-refractivity contribution in [1.82, 2.24) is 9.21 Å². The second-order valence-corrected chi connectivity index (χ2v) is 8.11. The maximum absolute atomic E-state index is 12.7. The highest BCUT2D eigenvalue weighted by atomic mass is 32.2. The highest BCUT2D eigenvalue weighted by Crippen LogP contribution is 2.29. The molecule has 0 N–H and O–H groups in total. The Kier molecular flexibility index (Phi) is 4.70. The van der Waals surface area contributed by atoms with Gasteiger partial charge in [-0.15, -0.1) is 0 Å². The molecule has 0 bridgehead atoms. The monoisotopic (exact) mass is 338 g/mol. The molecule has 2 aliphatic rings. The lowest BCUT2D eigenvalue weighted by Crippen LogP contribution is -2.40.